The maximum atomic E-state index is 5.78. The number of hydrogen-bond donors (Lipinski definition) is 0. The summed E-state index contributed by atoms with van der Waals surface area (Å²) in [6.45, 7) is 6.07. The van der Waals surface area contributed by atoms with E-state index in [4.69, 9.17) is 4.74 Å². The summed E-state index contributed by atoms with van der Waals surface area (Å²) < 4.78 is 5.78. The van der Waals surface area contributed by atoms with E-state index in [1.54, 1.807) is 0 Å². The molecule has 0 aliphatic heterocycles. The van der Waals surface area contributed by atoms with Gasteiger partial charge in [-0.25, -0.2) is 0 Å². The molecule has 2 aliphatic rings. The summed E-state index contributed by atoms with van der Waals surface area (Å²) >= 11 is 0. The highest BCUT2D eigenvalue weighted by Gasteiger charge is 2.30. The highest BCUT2D eigenvalue weighted by molar-refractivity contribution is 4.84. The monoisotopic (exact) mass is 346 g/mol. The topological polar surface area (TPSA) is 9.23 Å². The number of allylic oxidation sites excluding steroid dienone is 3. The van der Waals surface area contributed by atoms with Crippen molar-refractivity contribution in [2.24, 2.45) is 23.7 Å². The molecule has 2 aliphatic carbocycles. The number of rotatable bonds is 10. The minimum atomic E-state index is 0.800. The Morgan fingerprint density at radius 3 is 2.04 bits per heavy atom. The van der Waals surface area contributed by atoms with Crippen LogP contribution >= 0.6 is 0 Å². The van der Waals surface area contributed by atoms with Crippen molar-refractivity contribution < 1.29 is 4.74 Å². The fraction of sp³-hybridized carbons (Fsp3) is 0.833. The highest BCUT2D eigenvalue weighted by Crippen LogP contribution is 2.42. The first kappa shape index (κ1) is 20.7. The Hall–Kier alpha value is -0.560. The fourth-order valence-electron chi connectivity index (χ4n) is 4.98. The van der Waals surface area contributed by atoms with Gasteiger partial charge in [-0.1, -0.05) is 50.5 Å². The van der Waals surface area contributed by atoms with Gasteiger partial charge in [0.05, 0.1) is 6.61 Å². The zero-order valence-corrected chi connectivity index (χ0v) is 16.9. The normalized spacial score (nSPS) is 31.1. The zero-order valence-electron chi connectivity index (χ0n) is 16.9. The lowest BCUT2D eigenvalue weighted by Crippen LogP contribution is -2.27. The van der Waals surface area contributed by atoms with Crippen LogP contribution in [0.15, 0.2) is 24.3 Å². The second kappa shape index (κ2) is 12.7. The molecule has 1 heteroatoms. The molecule has 2 saturated carbocycles. The molecule has 25 heavy (non-hydrogen) atoms. The molecule has 0 aromatic rings. The minimum Gasteiger partial charge on any atom is -0.377 e. The molecular weight excluding hydrogens is 304 g/mol. The van der Waals surface area contributed by atoms with E-state index in [0.717, 1.165) is 36.9 Å². The largest absolute Gasteiger partial charge is 0.377 e. The third-order valence-corrected chi connectivity index (χ3v) is 6.64. The van der Waals surface area contributed by atoms with E-state index < -0.39 is 0 Å². The molecule has 0 heterocycles. The smallest absolute Gasteiger partial charge is 0.0647 e. The van der Waals surface area contributed by atoms with E-state index >= 15 is 0 Å². The van der Waals surface area contributed by atoms with Crippen LogP contribution in [0.1, 0.15) is 90.9 Å². The molecule has 0 aromatic carbocycles. The van der Waals surface area contributed by atoms with E-state index in [0.29, 0.717) is 0 Å². The summed E-state index contributed by atoms with van der Waals surface area (Å²) in [7, 11) is 0. The lowest BCUT2D eigenvalue weighted by Gasteiger charge is -2.38. The van der Waals surface area contributed by atoms with Crippen molar-refractivity contribution in [2.45, 2.75) is 90.9 Å². The maximum Gasteiger partial charge on any atom is 0.0647 e. The molecule has 0 atom stereocenters. The van der Waals surface area contributed by atoms with Gasteiger partial charge in [0.25, 0.3) is 0 Å². The maximum absolute atomic E-state index is 5.78. The first-order valence-electron chi connectivity index (χ1n) is 11.2. The minimum absolute atomic E-state index is 0.800. The quantitative estimate of drug-likeness (QED) is 0.297. The summed E-state index contributed by atoms with van der Waals surface area (Å²) in [5, 5.41) is 0. The number of ether oxygens (including phenoxy) is 1. The van der Waals surface area contributed by atoms with Gasteiger partial charge in [0, 0.05) is 6.61 Å². The highest BCUT2D eigenvalue weighted by atomic mass is 16.5. The van der Waals surface area contributed by atoms with Crippen LogP contribution in [0.25, 0.3) is 0 Å². The predicted molar refractivity (Wildman–Crippen MR) is 110 cm³/mol. The molecule has 0 amide bonds. The molecular formula is C24H42O. The van der Waals surface area contributed by atoms with Crippen molar-refractivity contribution in [3.05, 3.63) is 24.3 Å². The van der Waals surface area contributed by atoms with E-state index in [2.05, 4.69) is 38.2 Å². The molecule has 0 N–H and O–H groups in total. The van der Waals surface area contributed by atoms with E-state index in [1.807, 2.05) is 0 Å². The summed E-state index contributed by atoms with van der Waals surface area (Å²) in [6, 6.07) is 0. The van der Waals surface area contributed by atoms with Gasteiger partial charge in [-0.2, -0.15) is 0 Å². The van der Waals surface area contributed by atoms with E-state index in [-0.39, 0.29) is 0 Å². The van der Waals surface area contributed by atoms with Crippen molar-refractivity contribution in [1.29, 1.82) is 0 Å². The van der Waals surface area contributed by atoms with Crippen LogP contribution in [0.3, 0.4) is 0 Å². The standard InChI is InChI=1S/C24H42O/c1-3-5-7-8-9-10-21-11-15-23(16-12-21)24-17-13-22(14-18-24)20-25-19-6-4-2/h4-7,21-24H,3,8-20H2,1-2H3. The summed E-state index contributed by atoms with van der Waals surface area (Å²) in [5.41, 5.74) is 0. The average molecular weight is 347 g/mol. The van der Waals surface area contributed by atoms with Crippen molar-refractivity contribution in [3.8, 4) is 0 Å². The number of unbranched alkanes of at least 4 members (excludes halogenated alkanes) is 1. The van der Waals surface area contributed by atoms with Crippen LogP contribution in [0.5, 0.6) is 0 Å². The van der Waals surface area contributed by atoms with E-state index in [1.165, 1.54) is 77.0 Å². The molecule has 0 aromatic heterocycles. The Balaban J connectivity index is 1.55. The van der Waals surface area contributed by atoms with E-state index in [9.17, 15) is 0 Å². The zero-order chi connectivity index (χ0) is 17.7. The molecule has 2 rings (SSSR count). The Bertz CT molecular complexity index is 368. The predicted octanol–water partition coefficient (Wildman–Crippen LogP) is 7.33. The third-order valence-electron chi connectivity index (χ3n) is 6.64. The molecule has 1 nitrogen and oxygen atoms in total. The Morgan fingerprint density at radius 2 is 1.44 bits per heavy atom. The average Bonchev–Trinajstić information content (AvgIpc) is 2.66. The van der Waals surface area contributed by atoms with Crippen LogP contribution in [-0.2, 0) is 4.74 Å². The molecule has 0 bridgehead atoms. The van der Waals surface area contributed by atoms with Crippen LogP contribution in [0, 0.1) is 23.7 Å². The summed E-state index contributed by atoms with van der Waals surface area (Å²) in [5.74, 6) is 3.93. The Morgan fingerprint density at radius 1 is 0.800 bits per heavy atom. The SMILES string of the molecule is CC=CCOCC1CCC(C2CCC(CCCC=CCC)CC2)CC1. The van der Waals surface area contributed by atoms with Crippen molar-refractivity contribution in [3.63, 3.8) is 0 Å². The van der Waals surface area contributed by atoms with Crippen LogP contribution in [0.2, 0.25) is 0 Å². The van der Waals surface area contributed by atoms with Gasteiger partial charge in [-0.3, -0.25) is 0 Å². The number of hydrogen-bond acceptors (Lipinski definition) is 1. The fourth-order valence-corrected chi connectivity index (χ4v) is 4.98. The Kier molecular flexibility index (Phi) is 10.6. The van der Waals surface area contributed by atoms with Gasteiger partial charge in [-0.05, 0) is 88.4 Å². The van der Waals surface area contributed by atoms with Crippen LogP contribution < -0.4 is 0 Å². The molecule has 0 radical (unpaired) electrons. The molecule has 0 unspecified atom stereocenters. The van der Waals surface area contributed by atoms with Crippen molar-refractivity contribution >= 4 is 0 Å². The van der Waals surface area contributed by atoms with Gasteiger partial charge in [0.1, 0.15) is 0 Å². The van der Waals surface area contributed by atoms with Gasteiger partial charge in [0.15, 0.2) is 0 Å². The van der Waals surface area contributed by atoms with Gasteiger partial charge in [-0.15, -0.1) is 0 Å². The van der Waals surface area contributed by atoms with Gasteiger partial charge in [0.2, 0.25) is 0 Å². The Labute approximate surface area is 157 Å². The second-order valence-corrected chi connectivity index (χ2v) is 8.48. The van der Waals surface area contributed by atoms with Crippen LogP contribution in [0.4, 0.5) is 0 Å². The molecule has 0 saturated heterocycles. The molecule has 144 valence electrons. The van der Waals surface area contributed by atoms with Crippen molar-refractivity contribution in [2.75, 3.05) is 13.2 Å². The lowest BCUT2D eigenvalue weighted by molar-refractivity contribution is 0.0779. The first-order valence-corrected chi connectivity index (χ1v) is 11.2. The first-order chi connectivity index (χ1) is 12.3. The molecule has 2 fully saturated rings. The van der Waals surface area contributed by atoms with Crippen LogP contribution in [-0.4, -0.2) is 13.2 Å². The summed E-state index contributed by atoms with van der Waals surface area (Å²) in [4.78, 5) is 0. The third kappa shape index (κ3) is 8.11. The van der Waals surface area contributed by atoms with Gasteiger partial charge < -0.3 is 4.74 Å². The molecule has 0 spiro atoms. The lowest BCUT2D eigenvalue weighted by atomic mass is 9.69. The van der Waals surface area contributed by atoms with Crippen molar-refractivity contribution in [1.82, 2.24) is 0 Å². The van der Waals surface area contributed by atoms with Gasteiger partial charge >= 0.3 is 0 Å². The second-order valence-electron chi connectivity index (χ2n) is 8.48. The summed E-state index contributed by atoms with van der Waals surface area (Å²) in [6.07, 6.45) is 26.1.